The van der Waals surface area contributed by atoms with Gasteiger partial charge in [0.2, 0.25) is 11.8 Å². The van der Waals surface area contributed by atoms with Gasteiger partial charge in [0, 0.05) is 22.3 Å². The summed E-state index contributed by atoms with van der Waals surface area (Å²) in [5.74, 6) is 0.694. The Morgan fingerprint density at radius 1 is 1.06 bits per heavy atom. The fraction of sp³-hybridized carbons (Fsp3) is 0.238. The number of aromatic nitrogens is 3. The minimum atomic E-state index is -0.247. The molecule has 2 aromatic carbocycles. The molecule has 0 atom stereocenters. The predicted molar refractivity (Wildman–Crippen MR) is 127 cm³/mol. The van der Waals surface area contributed by atoms with Gasteiger partial charge in [-0.1, -0.05) is 47.1 Å². The van der Waals surface area contributed by atoms with Crippen molar-refractivity contribution >= 4 is 58.2 Å². The van der Waals surface area contributed by atoms with Crippen LogP contribution < -0.4 is 15.4 Å². The van der Waals surface area contributed by atoms with Crippen LogP contribution in [0.5, 0.6) is 5.75 Å². The molecule has 0 aliphatic carbocycles. The maximum Gasteiger partial charge on any atom is 0.234 e. The van der Waals surface area contributed by atoms with Gasteiger partial charge in [-0.2, -0.15) is 0 Å². The van der Waals surface area contributed by atoms with E-state index in [1.165, 1.54) is 11.8 Å². The molecule has 0 saturated carbocycles. The zero-order valence-corrected chi connectivity index (χ0v) is 19.7. The van der Waals surface area contributed by atoms with Gasteiger partial charge in [-0.15, -0.1) is 10.2 Å². The van der Waals surface area contributed by atoms with Crippen molar-refractivity contribution in [2.24, 2.45) is 0 Å². The zero-order valence-electron chi connectivity index (χ0n) is 17.4. The number of benzene rings is 2. The molecule has 1 aromatic heterocycles. The second-order valence-electron chi connectivity index (χ2n) is 6.56. The molecule has 0 unspecified atom stereocenters. The van der Waals surface area contributed by atoms with Crippen LogP contribution in [0.1, 0.15) is 12.7 Å². The number of hydrogen-bond donors (Lipinski definition) is 2. The number of anilines is 2. The third-order valence-electron chi connectivity index (χ3n) is 4.29. The molecule has 3 aromatic rings. The van der Waals surface area contributed by atoms with Crippen LogP contribution in [0.4, 0.5) is 11.4 Å². The lowest BCUT2D eigenvalue weighted by Gasteiger charge is -2.10. The molecule has 0 aliphatic heterocycles. The Morgan fingerprint density at radius 2 is 1.78 bits per heavy atom. The lowest BCUT2D eigenvalue weighted by molar-refractivity contribution is -0.116. The Balaban J connectivity index is 1.60. The van der Waals surface area contributed by atoms with Crippen LogP contribution in [-0.4, -0.2) is 39.4 Å². The Hall–Kier alpha value is -2.75. The summed E-state index contributed by atoms with van der Waals surface area (Å²) in [7, 11) is 1.54. The van der Waals surface area contributed by atoms with E-state index in [0.29, 0.717) is 44.7 Å². The summed E-state index contributed by atoms with van der Waals surface area (Å²) >= 11 is 13.1. The van der Waals surface area contributed by atoms with Crippen LogP contribution in [0.2, 0.25) is 10.0 Å². The molecule has 3 rings (SSSR count). The summed E-state index contributed by atoms with van der Waals surface area (Å²) in [5, 5.41) is 15.2. The van der Waals surface area contributed by atoms with Crippen molar-refractivity contribution < 1.29 is 14.3 Å². The molecule has 168 valence electrons. The number of rotatable bonds is 9. The first-order chi connectivity index (χ1) is 15.4. The van der Waals surface area contributed by atoms with Gasteiger partial charge in [0.05, 0.1) is 25.0 Å². The SMILES string of the molecule is CCn1c(CC(=O)Nc2ccccc2OC)nnc1SCC(=O)Nc1cc(Cl)cc(Cl)c1. The number of carbonyl (C=O) groups excluding carboxylic acids is 2. The largest absolute Gasteiger partial charge is 0.495 e. The quantitative estimate of drug-likeness (QED) is 0.425. The van der Waals surface area contributed by atoms with Gasteiger partial charge >= 0.3 is 0 Å². The number of para-hydroxylation sites is 2. The highest BCUT2D eigenvalue weighted by atomic mass is 35.5. The van der Waals surface area contributed by atoms with Gasteiger partial charge in [0.1, 0.15) is 11.6 Å². The summed E-state index contributed by atoms with van der Waals surface area (Å²) in [5.41, 5.74) is 1.09. The second-order valence-corrected chi connectivity index (χ2v) is 8.38. The molecule has 8 nitrogen and oxygen atoms in total. The summed E-state index contributed by atoms with van der Waals surface area (Å²) in [4.78, 5) is 24.8. The number of amides is 2. The summed E-state index contributed by atoms with van der Waals surface area (Å²) in [6, 6.07) is 12.0. The number of nitrogens with one attached hydrogen (secondary N) is 2. The molecule has 0 spiro atoms. The first-order valence-electron chi connectivity index (χ1n) is 9.63. The summed E-state index contributed by atoms with van der Waals surface area (Å²) < 4.78 is 7.05. The van der Waals surface area contributed by atoms with Crippen molar-refractivity contribution in [3.8, 4) is 5.75 Å². The molecular formula is C21H21Cl2N5O3S. The number of carbonyl (C=O) groups is 2. The van der Waals surface area contributed by atoms with Crippen LogP contribution in [0.25, 0.3) is 0 Å². The van der Waals surface area contributed by atoms with Gasteiger partial charge in [-0.3, -0.25) is 9.59 Å². The second kappa shape index (κ2) is 11.2. The Labute approximate surface area is 199 Å². The smallest absolute Gasteiger partial charge is 0.234 e. The van der Waals surface area contributed by atoms with Crippen molar-refractivity contribution in [3.05, 3.63) is 58.3 Å². The van der Waals surface area contributed by atoms with E-state index < -0.39 is 0 Å². The van der Waals surface area contributed by atoms with E-state index in [4.69, 9.17) is 27.9 Å². The number of hydrogen-bond acceptors (Lipinski definition) is 6. The van der Waals surface area contributed by atoms with Crippen LogP contribution in [-0.2, 0) is 22.6 Å². The highest BCUT2D eigenvalue weighted by Crippen LogP contribution is 2.25. The summed E-state index contributed by atoms with van der Waals surface area (Å²) in [6.45, 7) is 2.47. The average Bonchev–Trinajstić information content (AvgIpc) is 3.13. The van der Waals surface area contributed by atoms with Crippen LogP contribution in [0.15, 0.2) is 47.6 Å². The minimum absolute atomic E-state index is 0.0344. The zero-order chi connectivity index (χ0) is 23.1. The number of nitrogens with zero attached hydrogens (tertiary/aromatic N) is 3. The van der Waals surface area contributed by atoms with E-state index in [0.717, 1.165) is 0 Å². The van der Waals surface area contributed by atoms with E-state index in [-0.39, 0.29) is 24.0 Å². The van der Waals surface area contributed by atoms with Gasteiger partial charge in [0.25, 0.3) is 0 Å². The summed E-state index contributed by atoms with van der Waals surface area (Å²) in [6.07, 6.45) is 0.0344. The van der Waals surface area contributed by atoms with Gasteiger partial charge in [0.15, 0.2) is 5.16 Å². The van der Waals surface area contributed by atoms with E-state index in [9.17, 15) is 9.59 Å². The maximum atomic E-state index is 12.5. The van der Waals surface area contributed by atoms with E-state index >= 15 is 0 Å². The van der Waals surface area contributed by atoms with Crippen molar-refractivity contribution in [3.63, 3.8) is 0 Å². The molecule has 2 amide bonds. The van der Waals surface area contributed by atoms with Crippen LogP contribution in [0.3, 0.4) is 0 Å². The molecule has 2 N–H and O–H groups in total. The molecular weight excluding hydrogens is 473 g/mol. The Kier molecular flexibility index (Phi) is 8.38. The number of ether oxygens (including phenoxy) is 1. The van der Waals surface area contributed by atoms with Gasteiger partial charge < -0.3 is 19.9 Å². The first kappa shape index (κ1) is 23.9. The fourth-order valence-electron chi connectivity index (χ4n) is 2.91. The average molecular weight is 494 g/mol. The normalized spacial score (nSPS) is 10.6. The fourth-order valence-corrected chi connectivity index (χ4v) is 4.26. The number of thioether (sulfide) groups is 1. The molecule has 1 heterocycles. The third-order valence-corrected chi connectivity index (χ3v) is 5.69. The molecule has 0 bridgehead atoms. The monoisotopic (exact) mass is 493 g/mol. The van der Waals surface area contributed by atoms with Crippen molar-refractivity contribution in [2.45, 2.75) is 25.0 Å². The molecule has 32 heavy (non-hydrogen) atoms. The van der Waals surface area contributed by atoms with Crippen LogP contribution in [0, 0.1) is 0 Å². The predicted octanol–water partition coefficient (Wildman–Crippen LogP) is 4.53. The lowest BCUT2D eigenvalue weighted by atomic mass is 10.2. The highest BCUT2D eigenvalue weighted by molar-refractivity contribution is 7.99. The number of halogens is 2. The topological polar surface area (TPSA) is 98.1 Å². The first-order valence-corrected chi connectivity index (χ1v) is 11.4. The van der Waals surface area contributed by atoms with Gasteiger partial charge in [-0.05, 0) is 37.3 Å². The standard InChI is InChI=1S/C21H21Cl2N5O3S/c1-3-28-18(11-19(29)25-16-6-4-5-7-17(16)31-2)26-27-21(28)32-12-20(30)24-15-9-13(22)8-14(23)10-15/h4-10H,3,11-12H2,1-2H3,(H,24,30)(H,25,29). The Morgan fingerprint density at radius 3 is 2.47 bits per heavy atom. The number of methoxy groups -OCH3 is 1. The Bertz CT molecular complexity index is 1100. The van der Waals surface area contributed by atoms with Crippen LogP contribution >= 0.6 is 35.0 Å². The third kappa shape index (κ3) is 6.38. The van der Waals surface area contributed by atoms with E-state index in [2.05, 4.69) is 20.8 Å². The van der Waals surface area contributed by atoms with Crippen molar-refractivity contribution in [2.75, 3.05) is 23.5 Å². The van der Waals surface area contributed by atoms with E-state index in [1.807, 2.05) is 19.1 Å². The lowest BCUT2D eigenvalue weighted by Crippen LogP contribution is -2.18. The molecule has 11 heteroatoms. The molecule has 0 aliphatic rings. The minimum Gasteiger partial charge on any atom is -0.495 e. The molecule has 0 radical (unpaired) electrons. The molecule has 0 saturated heterocycles. The van der Waals surface area contributed by atoms with Crippen molar-refractivity contribution in [1.29, 1.82) is 0 Å². The van der Waals surface area contributed by atoms with E-state index in [1.54, 1.807) is 42.0 Å². The van der Waals surface area contributed by atoms with Crippen molar-refractivity contribution in [1.82, 2.24) is 14.8 Å². The maximum absolute atomic E-state index is 12.5. The highest BCUT2D eigenvalue weighted by Gasteiger charge is 2.17. The molecule has 0 fully saturated rings. The van der Waals surface area contributed by atoms with Gasteiger partial charge in [-0.25, -0.2) is 0 Å².